The molecule has 0 saturated carbocycles. The standard InChI is InChI=1S/C20H18FNO3S/c1-12-3-8-16(11-13(12)2)22-19(24)17(14-4-6-15(21)7-5-14)18(20(22)25)26-10-9-23/h3-8,11,23H,9-10H2,1-2H3. The summed E-state index contributed by atoms with van der Waals surface area (Å²) in [6.45, 7) is 3.76. The van der Waals surface area contributed by atoms with Gasteiger partial charge in [0.2, 0.25) is 0 Å². The van der Waals surface area contributed by atoms with Crippen LogP contribution in [0.25, 0.3) is 5.57 Å². The number of aliphatic hydroxyl groups is 1. The number of anilines is 1. The number of halogens is 1. The first kappa shape index (κ1) is 18.4. The fourth-order valence-corrected chi connectivity index (χ4v) is 3.62. The summed E-state index contributed by atoms with van der Waals surface area (Å²) in [5.74, 6) is -0.983. The van der Waals surface area contributed by atoms with E-state index < -0.39 is 17.6 Å². The van der Waals surface area contributed by atoms with Gasteiger partial charge in [-0.05, 0) is 54.8 Å². The van der Waals surface area contributed by atoms with Crippen molar-refractivity contribution in [1.29, 1.82) is 0 Å². The molecule has 0 saturated heterocycles. The third-order valence-corrected chi connectivity index (χ3v) is 5.31. The number of benzene rings is 2. The normalized spacial score (nSPS) is 14.5. The molecule has 0 bridgehead atoms. The minimum absolute atomic E-state index is 0.115. The van der Waals surface area contributed by atoms with Crippen LogP contribution in [0.4, 0.5) is 10.1 Å². The van der Waals surface area contributed by atoms with Crippen LogP contribution in [-0.4, -0.2) is 29.3 Å². The lowest BCUT2D eigenvalue weighted by molar-refractivity contribution is -0.119. The van der Waals surface area contributed by atoms with E-state index in [2.05, 4.69) is 0 Å². The number of aryl methyl sites for hydroxylation is 2. The smallest absolute Gasteiger partial charge is 0.272 e. The fourth-order valence-electron chi connectivity index (χ4n) is 2.76. The van der Waals surface area contributed by atoms with E-state index in [1.54, 1.807) is 12.1 Å². The van der Waals surface area contributed by atoms with Crippen molar-refractivity contribution in [2.75, 3.05) is 17.3 Å². The summed E-state index contributed by atoms with van der Waals surface area (Å²) in [6.07, 6.45) is 0. The van der Waals surface area contributed by atoms with Gasteiger partial charge in [-0.3, -0.25) is 9.59 Å². The van der Waals surface area contributed by atoms with Crippen molar-refractivity contribution < 1.29 is 19.1 Å². The van der Waals surface area contributed by atoms with Crippen LogP contribution < -0.4 is 4.90 Å². The van der Waals surface area contributed by atoms with Gasteiger partial charge in [-0.1, -0.05) is 18.2 Å². The van der Waals surface area contributed by atoms with Crippen molar-refractivity contribution in [2.24, 2.45) is 0 Å². The van der Waals surface area contributed by atoms with E-state index in [4.69, 9.17) is 5.11 Å². The van der Waals surface area contributed by atoms with E-state index in [1.807, 2.05) is 19.9 Å². The maximum absolute atomic E-state index is 13.3. The molecule has 6 heteroatoms. The Labute approximate surface area is 155 Å². The quantitative estimate of drug-likeness (QED) is 0.818. The van der Waals surface area contributed by atoms with Crippen molar-refractivity contribution >= 4 is 34.8 Å². The van der Waals surface area contributed by atoms with Crippen LogP contribution in [0.1, 0.15) is 16.7 Å². The molecular formula is C20H18FNO3S. The molecular weight excluding hydrogens is 353 g/mol. The van der Waals surface area contributed by atoms with Gasteiger partial charge in [0.25, 0.3) is 11.8 Å². The zero-order chi connectivity index (χ0) is 18.8. The number of thioether (sulfide) groups is 1. The maximum atomic E-state index is 13.3. The molecule has 2 amide bonds. The number of aliphatic hydroxyl groups excluding tert-OH is 1. The Morgan fingerprint density at radius 1 is 1.00 bits per heavy atom. The Balaban J connectivity index is 2.07. The van der Waals surface area contributed by atoms with Gasteiger partial charge in [0.1, 0.15) is 5.82 Å². The van der Waals surface area contributed by atoms with E-state index in [-0.39, 0.29) is 17.1 Å². The summed E-state index contributed by atoms with van der Waals surface area (Å²) < 4.78 is 13.3. The van der Waals surface area contributed by atoms with Crippen LogP contribution in [0.5, 0.6) is 0 Å². The molecule has 1 aliphatic heterocycles. The predicted octanol–water partition coefficient (Wildman–Crippen LogP) is 3.45. The summed E-state index contributed by atoms with van der Waals surface area (Å²) in [6, 6.07) is 10.9. The summed E-state index contributed by atoms with van der Waals surface area (Å²) in [5, 5.41) is 9.12. The van der Waals surface area contributed by atoms with Crippen molar-refractivity contribution in [3.05, 3.63) is 69.9 Å². The molecule has 0 atom stereocenters. The third-order valence-electron chi connectivity index (χ3n) is 4.26. The minimum atomic E-state index is -0.440. The molecule has 1 heterocycles. The number of imide groups is 1. The van der Waals surface area contributed by atoms with Gasteiger partial charge in [0.05, 0.1) is 22.8 Å². The van der Waals surface area contributed by atoms with Gasteiger partial charge in [-0.15, -0.1) is 11.8 Å². The molecule has 26 heavy (non-hydrogen) atoms. The van der Waals surface area contributed by atoms with Gasteiger partial charge in [0, 0.05) is 5.75 Å². The predicted molar refractivity (Wildman–Crippen MR) is 101 cm³/mol. The highest BCUT2D eigenvalue weighted by atomic mass is 32.2. The van der Waals surface area contributed by atoms with Crippen LogP contribution in [0.3, 0.4) is 0 Å². The lowest BCUT2D eigenvalue weighted by Crippen LogP contribution is -2.31. The molecule has 0 fully saturated rings. The van der Waals surface area contributed by atoms with Crippen molar-refractivity contribution in [3.63, 3.8) is 0 Å². The Kier molecular flexibility index (Phi) is 5.25. The van der Waals surface area contributed by atoms with Gasteiger partial charge < -0.3 is 5.11 Å². The lowest BCUT2D eigenvalue weighted by Gasteiger charge is -2.16. The highest BCUT2D eigenvalue weighted by Gasteiger charge is 2.40. The number of rotatable bonds is 5. The first-order valence-corrected chi connectivity index (χ1v) is 9.12. The molecule has 1 N–H and O–H groups in total. The Morgan fingerprint density at radius 2 is 1.69 bits per heavy atom. The minimum Gasteiger partial charge on any atom is -0.396 e. The number of carbonyl (C=O) groups excluding carboxylic acids is 2. The molecule has 4 nitrogen and oxygen atoms in total. The SMILES string of the molecule is Cc1ccc(N2C(=O)C(SCCO)=C(c3ccc(F)cc3)C2=O)cc1C. The number of carbonyl (C=O) groups is 2. The third kappa shape index (κ3) is 3.30. The van der Waals surface area contributed by atoms with E-state index in [1.165, 1.54) is 24.3 Å². The Bertz CT molecular complexity index is 906. The molecule has 1 aliphatic rings. The maximum Gasteiger partial charge on any atom is 0.272 e. The van der Waals surface area contributed by atoms with Crippen LogP contribution in [0.2, 0.25) is 0 Å². The second kappa shape index (κ2) is 7.43. The van der Waals surface area contributed by atoms with E-state index in [0.29, 0.717) is 17.0 Å². The molecule has 0 spiro atoms. The second-order valence-corrected chi connectivity index (χ2v) is 7.10. The van der Waals surface area contributed by atoms with E-state index >= 15 is 0 Å². The number of amides is 2. The van der Waals surface area contributed by atoms with Crippen molar-refractivity contribution in [1.82, 2.24) is 0 Å². The molecule has 0 aliphatic carbocycles. The van der Waals surface area contributed by atoms with E-state index in [0.717, 1.165) is 27.8 Å². The largest absolute Gasteiger partial charge is 0.396 e. The molecule has 0 unspecified atom stereocenters. The molecule has 2 aromatic carbocycles. The zero-order valence-corrected chi connectivity index (χ0v) is 15.3. The van der Waals surface area contributed by atoms with Crippen LogP contribution >= 0.6 is 11.8 Å². The molecule has 0 aromatic heterocycles. The number of hydrogen-bond donors (Lipinski definition) is 1. The monoisotopic (exact) mass is 371 g/mol. The number of hydrogen-bond acceptors (Lipinski definition) is 4. The summed E-state index contributed by atoms with van der Waals surface area (Å²) >= 11 is 1.13. The Hall–Kier alpha value is -2.44. The highest BCUT2D eigenvalue weighted by Crippen LogP contribution is 2.38. The Morgan fingerprint density at radius 3 is 2.31 bits per heavy atom. The summed E-state index contributed by atoms with van der Waals surface area (Å²) in [7, 11) is 0. The van der Waals surface area contributed by atoms with E-state index in [9.17, 15) is 14.0 Å². The van der Waals surface area contributed by atoms with Gasteiger partial charge in [-0.25, -0.2) is 9.29 Å². The van der Waals surface area contributed by atoms with Gasteiger partial charge in [-0.2, -0.15) is 0 Å². The summed E-state index contributed by atoms with van der Waals surface area (Å²) in [5.41, 5.74) is 3.27. The number of nitrogens with zero attached hydrogens (tertiary/aromatic N) is 1. The van der Waals surface area contributed by atoms with Crippen LogP contribution in [0, 0.1) is 19.7 Å². The second-order valence-electron chi connectivity index (χ2n) is 6.00. The first-order chi connectivity index (χ1) is 12.4. The molecule has 3 rings (SSSR count). The van der Waals surface area contributed by atoms with Crippen LogP contribution in [0.15, 0.2) is 47.4 Å². The van der Waals surface area contributed by atoms with Crippen molar-refractivity contribution in [2.45, 2.75) is 13.8 Å². The average molecular weight is 371 g/mol. The zero-order valence-electron chi connectivity index (χ0n) is 14.5. The molecule has 0 radical (unpaired) electrons. The molecule has 134 valence electrons. The van der Waals surface area contributed by atoms with Crippen molar-refractivity contribution in [3.8, 4) is 0 Å². The first-order valence-electron chi connectivity index (χ1n) is 8.14. The van der Waals surface area contributed by atoms with Crippen LogP contribution in [-0.2, 0) is 9.59 Å². The average Bonchev–Trinajstić information content (AvgIpc) is 2.86. The molecule has 2 aromatic rings. The lowest BCUT2D eigenvalue weighted by atomic mass is 10.1. The van der Waals surface area contributed by atoms with Gasteiger partial charge in [0.15, 0.2) is 0 Å². The highest BCUT2D eigenvalue weighted by molar-refractivity contribution is 8.04. The van der Waals surface area contributed by atoms with Gasteiger partial charge >= 0.3 is 0 Å². The fraction of sp³-hybridized carbons (Fsp3) is 0.200. The topological polar surface area (TPSA) is 57.6 Å². The summed E-state index contributed by atoms with van der Waals surface area (Å²) in [4.78, 5) is 27.4.